The third-order valence-electron chi connectivity index (χ3n) is 5.18. The van der Waals surface area contributed by atoms with Crippen molar-refractivity contribution in [1.29, 1.82) is 0 Å². The van der Waals surface area contributed by atoms with Crippen molar-refractivity contribution in [3.05, 3.63) is 0 Å². The molecule has 1 N–H and O–H groups in total. The van der Waals surface area contributed by atoms with E-state index in [9.17, 15) is 9.90 Å². The van der Waals surface area contributed by atoms with Crippen LogP contribution in [-0.2, 0) is 4.43 Å². The van der Waals surface area contributed by atoms with E-state index in [1.165, 1.54) is 4.90 Å². The SMILES string of the molecule is CC(C)[Si](OC1(C)CCCCN1C(=O)O)(C(C)C)C(C)C. The molecule has 5 heteroatoms. The van der Waals surface area contributed by atoms with Crippen LogP contribution in [0.3, 0.4) is 0 Å². The highest BCUT2D eigenvalue weighted by molar-refractivity contribution is 6.77. The summed E-state index contributed by atoms with van der Waals surface area (Å²) in [5.74, 6) is 0. The number of nitrogens with zero attached hydrogens (tertiary/aromatic N) is 1. The molecule has 0 aromatic rings. The molecule has 0 bridgehead atoms. The molecule has 0 aromatic carbocycles. The molecule has 0 aromatic heterocycles. The van der Waals surface area contributed by atoms with Crippen LogP contribution in [-0.4, -0.2) is 36.7 Å². The smallest absolute Gasteiger partial charge is 0.409 e. The Balaban J connectivity index is 3.19. The third kappa shape index (κ3) is 3.45. The minimum atomic E-state index is -2.08. The first-order valence-electron chi connectivity index (χ1n) is 8.28. The second kappa shape index (κ2) is 6.69. The molecule has 1 amide bonds. The van der Waals surface area contributed by atoms with Gasteiger partial charge in [-0.1, -0.05) is 41.5 Å². The Hall–Kier alpha value is -0.553. The zero-order valence-corrected chi connectivity index (χ0v) is 15.8. The van der Waals surface area contributed by atoms with Crippen LogP contribution < -0.4 is 0 Å². The summed E-state index contributed by atoms with van der Waals surface area (Å²) in [4.78, 5) is 13.2. The van der Waals surface area contributed by atoms with Gasteiger partial charge in [-0.2, -0.15) is 0 Å². The van der Waals surface area contributed by atoms with Crippen LogP contribution in [0.1, 0.15) is 67.7 Å². The topological polar surface area (TPSA) is 49.8 Å². The van der Waals surface area contributed by atoms with Gasteiger partial charge < -0.3 is 9.53 Å². The lowest BCUT2D eigenvalue weighted by atomic mass is 10.0. The van der Waals surface area contributed by atoms with Gasteiger partial charge in [-0.3, -0.25) is 4.90 Å². The maximum absolute atomic E-state index is 11.6. The van der Waals surface area contributed by atoms with Gasteiger partial charge in [-0.25, -0.2) is 4.79 Å². The number of hydrogen-bond donors (Lipinski definition) is 1. The monoisotopic (exact) mass is 315 g/mol. The van der Waals surface area contributed by atoms with Crippen molar-refractivity contribution in [2.75, 3.05) is 6.54 Å². The fourth-order valence-corrected chi connectivity index (χ4v) is 9.91. The van der Waals surface area contributed by atoms with Crippen LogP contribution in [0, 0.1) is 0 Å². The second-order valence-electron chi connectivity index (χ2n) is 7.49. The van der Waals surface area contributed by atoms with Gasteiger partial charge in [0.1, 0.15) is 5.72 Å². The number of amides is 1. The Labute approximate surface area is 131 Å². The van der Waals surface area contributed by atoms with Gasteiger partial charge in [0, 0.05) is 6.54 Å². The molecule has 1 saturated heterocycles. The first kappa shape index (κ1) is 18.5. The Morgan fingerprint density at radius 1 is 1.10 bits per heavy atom. The molecule has 1 heterocycles. The van der Waals surface area contributed by atoms with E-state index >= 15 is 0 Å². The second-order valence-corrected chi connectivity index (χ2v) is 12.9. The largest absolute Gasteiger partial charge is 0.465 e. The molecular formula is C16H33NO3Si. The van der Waals surface area contributed by atoms with Gasteiger partial charge in [0.2, 0.25) is 8.32 Å². The van der Waals surface area contributed by atoms with Crippen LogP contribution in [0.15, 0.2) is 0 Å². The van der Waals surface area contributed by atoms with E-state index in [0.29, 0.717) is 23.2 Å². The maximum Gasteiger partial charge on any atom is 0.409 e. The summed E-state index contributed by atoms with van der Waals surface area (Å²) in [6.45, 7) is 16.0. The summed E-state index contributed by atoms with van der Waals surface area (Å²) in [5, 5.41) is 9.55. The van der Waals surface area contributed by atoms with Crippen LogP contribution >= 0.6 is 0 Å². The number of likely N-dealkylation sites (tertiary alicyclic amines) is 1. The van der Waals surface area contributed by atoms with Crippen molar-refractivity contribution in [1.82, 2.24) is 4.90 Å². The molecule has 1 aliphatic heterocycles. The van der Waals surface area contributed by atoms with E-state index in [1.807, 2.05) is 6.92 Å². The van der Waals surface area contributed by atoms with Crippen LogP contribution in [0.2, 0.25) is 16.6 Å². The normalized spacial score (nSPS) is 24.2. The quantitative estimate of drug-likeness (QED) is 0.721. The number of piperidine rings is 1. The molecule has 0 radical (unpaired) electrons. The minimum Gasteiger partial charge on any atom is -0.465 e. The lowest BCUT2D eigenvalue weighted by Gasteiger charge is -2.52. The molecule has 4 nitrogen and oxygen atoms in total. The maximum atomic E-state index is 11.6. The summed E-state index contributed by atoms with van der Waals surface area (Å²) < 4.78 is 6.81. The summed E-state index contributed by atoms with van der Waals surface area (Å²) >= 11 is 0. The molecule has 21 heavy (non-hydrogen) atoms. The van der Waals surface area contributed by atoms with Crippen molar-refractivity contribution in [3.63, 3.8) is 0 Å². The van der Waals surface area contributed by atoms with Crippen LogP contribution in [0.25, 0.3) is 0 Å². The molecule has 1 rings (SSSR count). The van der Waals surface area contributed by atoms with E-state index < -0.39 is 20.1 Å². The molecule has 1 atom stereocenters. The lowest BCUT2D eigenvalue weighted by molar-refractivity contribution is -0.0899. The molecule has 1 aliphatic rings. The molecule has 0 aliphatic carbocycles. The Morgan fingerprint density at radius 2 is 1.57 bits per heavy atom. The number of rotatable bonds is 5. The van der Waals surface area contributed by atoms with E-state index in [0.717, 1.165) is 19.3 Å². The van der Waals surface area contributed by atoms with Gasteiger partial charge in [0.15, 0.2) is 0 Å². The summed E-state index contributed by atoms with van der Waals surface area (Å²) in [5.41, 5.74) is 0.737. The molecule has 1 fully saturated rings. The summed E-state index contributed by atoms with van der Waals surface area (Å²) in [7, 11) is -2.08. The number of carbonyl (C=O) groups is 1. The molecule has 1 unspecified atom stereocenters. The lowest BCUT2D eigenvalue weighted by Crippen LogP contribution is -2.62. The highest BCUT2D eigenvalue weighted by atomic mass is 28.4. The van der Waals surface area contributed by atoms with E-state index in [1.54, 1.807) is 0 Å². The Bertz CT molecular complexity index is 349. The first-order valence-corrected chi connectivity index (χ1v) is 10.4. The Kier molecular flexibility index (Phi) is 5.89. The third-order valence-corrected chi connectivity index (χ3v) is 11.4. The van der Waals surface area contributed by atoms with Crippen LogP contribution in [0.4, 0.5) is 4.79 Å². The predicted octanol–water partition coefficient (Wildman–Crippen LogP) is 5.06. The fourth-order valence-electron chi connectivity index (χ4n) is 4.23. The standard InChI is InChI=1S/C16H33NO3Si/c1-12(2)21(13(3)4,14(5)6)20-16(7)10-8-9-11-17(16)15(18)19/h12-14H,8-11H2,1-7H3,(H,18,19). The van der Waals surface area contributed by atoms with Crippen LogP contribution in [0.5, 0.6) is 0 Å². The molecule has 0 spiro atoms. The van der Waals surface area contributed by atoms with Gasteiger partial charge in [-0.15, -0.1) is 0 Å². The van der Waals surface area contributed by atoms with Gasteiger partial charge in [0.05, 0.1) is 0 Å². The molecular weight excluding hydrogens is 282 g/mol. The average molecular weight is 316 g/mol. The van der Waals surface area contributed by atoms with Gasteiger partial charge >= 0.3 is 6.09 Å². The van der Waals surface area contributed by atoms with Crippen molar-refractivity contribution in [3.8, 4) is 0 Å². The fraction of sp³-hybridized carbons (Fsp3) is 0.938. The zero-order valence-electron chi connectivity index (χ0n) is 14.8. The van der Waals surface area contributed by atoms with Gasteiger partial charge in [-0.05, 0) is 42.8 Å². The summed E-state index contributed by atoms with van der Waals surface area (Å²) in [6.07, 6.45) is 1.93. The molecule has 124 valence electrons. The predicted molar refractivity (Wildman–Crippen MR) is 89.1 cm³/mol. The zero-order chi connectivity index (χ0) is 16.4. The van der Waals surface area contributed by atoms with Crippen molar-refractivity contribution >= 4 is 14.4 Å². The average Bonchev–Trinajstić information content (AvgIpc) is 2.34. The highest BCUT2D eigenvalue weighted by Crippen LogP contribution is 2.46. The summed E-state index contributed by atoms with van der Waals surface area (Å²) in [6, 6.07) is 0. The van der Waals surface area contributed by atoms with E-state index in [4.69, 9.17) is 4.43 Å². The minimum absolute atomic E-state index is 0.465. The van der Waals surface area contributed by atoms with E-state index in [-0.39, 0.29) is 0 Å². The highest BCUT2D eigenvalue weighted by Gasteiger charge is 2.52. The number of carboxylic acid groups (broad SMARTS) is 1. The van der Waals surface area contributed by atoms with Crippen molar-refractivity contribution < 1.29 is 14.3 Å². The number of hydrogen-bond acceptors (Lipinski definition) is 2. The van der Waals surface area contributed by atoms with Gasteiger partial charge in [0.25, 0.3) is 0 Å². The van der Waals surface area contributed by atoms with Crippen molar-refractivity contribution in [2.24, 2.45) is 0 Å². The van der Waals surface area contributed by atoms with Crippen molar-refractivity contribution in [2.45, 2.75) is 90.1 Å². The molecule has 0 saturated carbocycles. The Morgan fingerprint density at radius 3 is 1.95 bits per heavy atom. The van der Waals surface area contributed by atoms with E-state index in [2.05, 4.69) is 41.5 Å². The first-order chi connectivity index (χ1) is 9.58.